The Labute approximate surface area is 101 Å². The van der Waals surface area contributed by atoms with Crippen LogP contribution < -0.4 is 5.32 Å². The highest BCUT2D eigenvalue weighted by molar-refractivity contribution is 6.19. The van der Waals surface area contributed by atoms with Crippen molar-refractivity contribution in [3.63, 3.8) is 0 Å². The Morgan fingerprint density at radius 1 is 1.50 bits per heavy atom. The molecule has 0 radical (unpaired) electrons. The zero-order valence-electron chi connectivity index (χ0n) is 9.88. The number of alkyl halides is 1. The molecule has 1 aromatic heterocycles. The number of nitrogens with one attached hydrogen (secondary N) is 1. The Hall–Kier alpha value is -1.09. The van der Waals surface area contributed by atoms with Gasteiger partial charge < -0.3 is 5.32 Å². The second-order valence-corrected chi connectivity index (χ2v) is 4.74. The molecule has 0 unspecified atom stereocenters. The molecule has 0 bridgehead atoms. The summed E-state index contributed by atoms with van der Waals surface area (Å²) < 4.78 is 0. The molecule has 0 aliphatic carbocycles. The van der Waals surface area contributed by atoms with E-state index in [1.165, 1.54) is 0 Å². The predicted molar refractivity (Wildman–Crippen MR) is 65.3 cm³/mol. The van der Waals surface area contributed by atoms with Gasteiger partial charge in [-0.15, -0.1) is 11.6 Å². The van der Waals surface area contributed by atoms with Crippen LogP contribution in [0.5, 0.6) is 0 Å². The summed E-state index contributed by atoms with van der Waals surface area (Å²) in [5.41, 5.74) is 1.27. The smallest absolute Gasteiger partial charge is 0.227 e. The number of pyridine rings is 1. The minimum atomic E-state index is -0.536. The Morgan fingerprint density at radius 3 is 2.75 bits per heavy atom. The van der Waals surface area contributed by atoms with Gasteiger partial charge in [-0.05, 0) is 32.9 Å². The maximum atomic E-state index is 11.7. The van der Waals surface area contributed by atoms with E-state index in [0.29, 0.717) is 12.4 Å². The molecular weight excluding hydrogens is 224 g/mol. The number of amides is 1. The molecule has 1 N–H and O–H groups in total. The lowest BCUT2D eigenvalue weighted by Gasteiger charge is -2.20. The summed E-state index contributed by atoms with van der Waals surface area (Å²) in [6.45, 7) is 6.01. The van der Waals surface area contributed by atoms with Crippen molar-refractivity contribution in [1.29, 1.82) is 0 Å². The molecule has 0 aliphatic rings. The maximum absolute atomic E-state index is 11.7. The Bertz CT molecular complexity index is 377. The molecule has 88 valence electrons. The summed E-state index contributed by atoms with van der Waals surface area (Å²) in [5, 5.41) is 2.83. The SMILES string of the molecule is Cc1cccc(CNC(=O)C(C)(C)CCl)n1. The highest BCUT2D eigenvalue weighted by atomic mass is 35.5. The number of rotatable bonds is 4. The Balaban J connectivity index is 2.56. The molecule has 1 aromatic rings. The number of aromatic nitrogens is 1. The first-order valence-corrected chi connectivity index (χ1v) is 5.76. The van der Waals surface area contributed by atoms with Gasteiger partial charge in [0, 0.05) is 11.6 Å². The highest BCUT2D eigenvalue weighted by Gasteiger charge is 2.25. The van der Waals surface area contributed by atoms with Crippen molar-refractivity contribution in [3.05, 3.63) is 29.6 Å². The molecule has 0 atom stereocenters. The third-order valence-corrected chi connectivity index (χ3v) is 2.99. The van der Waals surface area contributed by atoms with Crippen LogP contribution in [0.3, 0.4) is 0 Å². The van der Waals surface area contributed by atoms with Crippen LogP contribution in [0.4, 0.5) is 0 Å². The molecular formula is C12H17ClN2O. The first kappa shape index (κ1) is 13.0. The fourth-order valence-corrected chi connectivity index (χ4v) is 1.29. The van der Waals surface area contributed by atoms with Gasteiger partial charge in [0.2, 0.25) is 5.91 Å². The fourth-order valence-electron chi connectivity index (χ4n) is 1.17. The standard InChI is InChI=1S/C12H17ClN2O/c1-9-5-4-6-10(15-9)7-14-11(16)12(2,3)8-13/h4-6H,7-8H2,1-3H3,(H,14,16). The number of halogens is 1. The van der Waals surface area contributed by atoms with Crippen LogP contribution in [0.15, 0.2) is 18.2 Å². The molecule has 0 fully saturated rings. The van der Waals surface area contributed by atoms with Gasteiger partial charge in [-0.25, -0.2) is 0 Å². The summed E-state index contributed by atoms with van der Waals surface area (Å²) >= 11 is 5.72. The number of carbonyl (C=O) groups excluding carboxylic acids is 1. The Morgan fingerprint density at radius 2 is 2.19 bits per heavy atom. The van der Waals surface area contributed by atoms with E-state index in [4.69, 9.17) is 11.6 Å². The van der Waals surface area contributed by atoms with Crippen LogP contribution in [0, 0.1) is 12.3 Å². The molecule has 3 nitrogen and oxygen atoms in total. The number of hydrogen-bond donors (Lipinski definition) is 1. The van der Waals surface area contributed by atoms with E-state index in [-0.39, 0.29) is 5.91 Å². The average Bonchev–Trinajstić information content (AvgIpc) is 2.26. The molecule has 0 saturated carbocycles. The average molecular weight is 241 g/mol. The van der Waals surface area contributed by atoms with Crippen molar-refractivity contribution in [2.45, 2.75) is 27.3 Å². The van der Waals surface area contributed by atoms with Crippen molar-refractivity contribution in [2.24, 2.45) is 5.41 Å². The van der Waals surface area contributed by atoms with E-state index in [1.807, 2.05) is 39.0 Å². The van der Waals surface area contributed by atoms with Crippen LogP contribution in [0.25, 0.3) is 0 Å². The molecule has 4 heteroatoms. The molecule has 0 saturated heterocycles. The van der Waals surface area contributed by atoms with Crippen molar-refractivity contribution in [1.82, 2.24) is 10.3 Å². The summed E-state index contributed by atoms with van der Waals surface area (Å²) in [5.74, 6) is 0.255. The molecule has 0 aromatic carbocycles. The quantitative estimate of drug-likeness (QED) is 0.821. The third-order valence-electron chi connectivity index (χ3n) is 2.32. The van der Waals surface area contributed by atoms with Crippen LogP contribution in [0.1, 0.15) is 25.2 Å². The van der Waals surface area contributed by atoms with Gasteiger partial charge in [-0.2, -0.15) is 0 Å². The number of carbonyl (C=O) groups is 1. The Kier molecular flexibility index (Phi) is 4.30. The van der Waals surface area contributed by atoms with Crippen molar-refractivity contribution < 1.29 is 4.79 Å². The highest BCUT2D eigenvalue weighted by Crippen LogP contribution is 2.16. The van der Waals surface area contributed by atoms with Crippen LogP contribution in [-0.2, 0) is 11.3 Å². The molecule has 0 spiro atoms. The van der Waals surface area contributed by atoms with Gasteiger partial charge in [0.1, 0.15) is 0 Å². The maximum Gasteiger partial charge on any atom is 0.227 e. The minimum absolute atomic E-state index is 0.0502. The number of hydrogen-bond acceptors (Lipinski definition) is 2. The van der Waals surface area contributed by atoms with Gasteiger partial charge in [-0.3, -0.25) is 9.78 Å². The molecule has 1 amide bonds. The van der Waals surface area contributed by atoms with Crippen LogP contribution in [0.2, 0.25) is 0 Å². The van der Waals surface area contributed by atoms with E-state index < -0.39 is 5.41 Å². The number of nitrogens with zero attached hydrogens (tertiary/aromatic N) is 1. The fraction of sp³-hybridized carbons (Fsp3) is 0.500. The molecule has 1 heterocycles. The lowest BCUT2D eigenvalue weighted by atomic mass is 9.95. The predicted octanol–water partition coefficient (Wildman–Crippen LogP) is 2.27. The molecule has 0 aliphatic heterocycles. The number of aryl methyl sites for hydroxylation is 1. The van der Waals surface area contributed by atoms with E-state index in [9.17, 15) is 4.79 Å². The van der Waals surface area contributed by atoms with Gasteiger partial charge in [-0.1, -0.05) is 6.07 Å². The van der Waals surface area contributed by atoms with Gasteiger partial charge in [0.05, 0.1) is 17.7 Å². The molecule has 16 heavy (non-hydrogen) atoms. The summed E-state index contributed by atoms with van der Waals surface area (Å²) in [6, 6.07) is 5.74. The largest absolute Gasteiger partial charge is 0.350 e. The van der Waals surface area contributed by atoms with Crippen LogP contribution in [-0.4, -0.2) is 16.8 Å². The van der Waals surface area contributed by atoms with Crippen molar-refractivity contribution in [3.8, 4) is 0 Å². The van der Waals surface area contributed by atoms with E-state index in [0.717, 1.165) is 11.4 Å². The minimum Gasteiger partial charge on any atom is -0.350 e. The normalized spacial score (nSPS) is 11.2. The summed E-state index contributed by atoms with van der Waals surface area (Å²) in [7, 11) is 0. The summed E-state index contributed by atoms with van der Waals surface area (Å²) in [6.07, 6.45) is 0. The van der Waals surface area contributed by atoms with Gasteiger partial charge in [0.15, 0.2) is 0 Å². The third kappa shape index (κ3) is 3.49. The van der Waals surface area contributed by atoms with E-state index in [2.05, 4.69) is 10.3 Å². The van der Waals surface area contributed by atoms with E-state index in [1.54, 1.807) is 0 Å². The summed E-state index contributed by atoms with van der Waals surface area (Å²) in [4.78, 5) is 16.0. The zero-order chi connectivity index (χ0) is 12.2. The zero-order valence-corrected chi connectivity index (χ0v) is 10.6. The van der Waals surface area contributed by atoms with Crippen LogP contribution >= 0.6 is 11.6 Å². The topological polar surface area (TPSA) is 42.0 Å². The first-order valence-electron chi connectivity index (χ1n) is 5.22. The lowest BCUT2D eigenvalue weighted by molar-refractivity contribution is -0.128. The van der Waals surface area contributed by atoms with E-state index >= 15 is 0 Å². The van der Waals surface area contributed by atoms with Crippen molar-refractivity contribution in [2.75, 3.05) is 5.88 Å². The molecule has 1 rings (SSSR count). The van der Waals surface area contributed by atoms with Gasteiger partial charge in [0.25, 0.3) is 0 Å². The second-order valence-electron chi connectivity index (χ2n) is 4.47. The monoisotopic (exact) mass is 240 g/mol. The second kappa shape index (κ2) is 5.30. The van der Waals surface area contributed by atoms with Crippen molar-refractivity contribution >= 4 is 17.5 Å². The first-order chi connectivity index (χ1) is 7.45. The lowest BCUT2D eigenvalue weighted by Crippen LogP contribution is -2.37. The van der Waals surface area contributed by atoms with Gasteiger partial charge >= 0.3 is 0 Å².